The molecule has 0 aliphatic heterocycles. The van der Waals surface area contributed by atoms with Crippen LogP contribution in [-0.4, -0.2) is 6.04 Å². The van der Waals surface area contributed by atoms with E-state index in [4.69, 9.17) is 11.7 Å². The van der Waals surface area contributed by atoms with E-state index in [1.165, 1.54) is 0 Å². The minimum absolute atomic E-state index is 0.0187. The van der Waals surface area contributed by atoms with E-state index < -0.39 is 0 Å². The normalized spacial score (nSPS) is 11.1. The first kappa shape index (κ1) is 13.7. The van der Waals surface area contributed by atoms with Gasteiger partial charge in [0.15, 0.2) is 0 Å². The lowest BCUT2D eigenvalue weighted by Gasteiger charge is -2.31. The van der Waals surface area contributed by atoms with E-state index in [1.54, 1.807) is 0 Å². The number of benzene rings is 2. The van der Waals surface area contributed by atoms with Crippen molar-refractivity contribution < 1.29 is 0 Å². The molecule has 0 radical (unpaired) electrons. The van der Waals surface area contributed by atoms with Gasteiger partial charge in [-0.15, -0.1) is 12.3 Å². The summed E-state index contributed by atoms with van der Waals surface area (Å²) in [6.07, 6.45) is 6.40. The second-order valence-corrected chi connectivity index (χ2v) is 4.47. The lowest BCUT2D eigenvalue weighted by molar-refractivity contribution is 0.684. The van der Waals surface area contributed by atoms with Gasteiger partial charge in [0, 0.05) is 17.8 Å². The summed E-state index contributed by atoms with van der Waals surface area (Å²) in [4.78, 5) is 2.14. The molecule has 2 aromatic carbocycles. The van der Waals surface area contributed by atoms with E-state index in [0.29, 0.717) is 12.8 Å². The molecule has 0 aliphatic carbocycles. The van der Waals surface area contributed by atoms with Crippen LogP contribution in [0.25, 0.3) is 0 Å². The third-order valence-electron chi connectivity index (χ3n) is 3.11. The summed E-state index contributed by atoms with van der Waals surface area (Å²) in [5.74, 6) is 2.68. The molecule has 2 rings (SSSR count). The van der Waals surface area contributed by atoms with E-state index in [1.807, 2.05) is 60.7 Å². The van der Waals surface area contributed by atoms with Crippen molar-refractivity contribution in [3.05, 3.63) is 60.7 Å². The fourth-order valence-corrected chi connectivity index (χ4v) is 2.24. The molecule has 0 aliphatic rings. The van der Waals surface area contributed by atoms with Crippen LogP contribution < -0.4 is 4.90 Å². The maximum Gasteiger partial charge on any atom is 0.0643 e. The summed E-state index contributed by atoms with van der Waals surface area (Å²) in [5, 5.41) is 9.06. The van der Waals surface area contributed by atoms with E-state index in [9.17, 15) is 0 Å². The number of para-hydroxylation sites is 2. The van der Waals surface area contributed by atoms with Crippen LogP contribution in [0.2, 0.25) is 0 Å². The lowest BCUT2D eigenvalue weighted by atomic mass is 10.1. The molecule has 0 spiro atoms. The minimum Gasteiger partial charge on any atom is -0.336 e. The van der Waals surface area contributed by atoms with Crippen LogP contribution in [0.3, 0.4) is 0 Å². The Labute approximate surface area is 120 Å². The fraction of sp³-hybridized carbons (Fsp3) is 0.167. The van der Waals surface area contributed by atoms with Crippen molar-refractivity contribution in [3.63, 3.8) is 0 Å². The fourth-order valence-electron chi connectivity index (χ4n) is 2.24. The van der Waals surface area contributed by atoms with Crippen molar-refractivity contribution in [2.75, 3.05) is 4.90 Å². The number of terminal acetylenes is 1. The quantitative estimate of drug-likeness (QED) is 0.756. The van der Waals surface area contributed by atoms with Crippen LogP contribution in [-0.2, 0) is 0 Å². The Morgan fingerprint density at radius 2 is 1.40 bits per heavy atom. The Morgan fingerprint density at radius 3 is 1.80 bits per heavy atom. The molecular formula is C18H16N2. The zero-order valence-corrected chi connectivity index (χ0v) is 11.2. The Balaban J connectivity index is 2.44. The second-order valence-electron chi connectivity index (χ2n) is 4.47. The van der Waals surface area contributed by atoms with E-state index >= 15 is 0 Å². The van der Waals surface area contributed by atoms with Gasteiger partial charge in [-0.3, -0.25) is 0 Å². The number of anilines is 2. The molecule has 2 heteroatoms. The van der Waals surface area contributed by atoms with Gasteiger partial charge in [-0.2, -0.15) is 5.26 Å². The highest BCUT2D eigenvalue weighted by atomic mass is 15.2. The maximum atomic E-state index is 9.06. The molecular weight excluding hydrogens is 244 g/mol. The Kier molecular flexibility index (Phi) is 4.81. The Hall–Kier alpha value is -2.71. The van der Waals surface area contributed by atoms with Crippen LogP contribution in [0.1, 0.15) is 12.8 Å². The monoisotopic (exact) mass is 260 g/mol. The van der Waals surface area contributed by atoms with Crippen molar-refractivity contribution in [2.45, 2.75) is 18.9 Å². The molecule has 98 valence electrons. The lowest BCUT2D eigenvalue weighted by Crippen LogP contribution is -2.30. The molecule has 0 aromatic heterocycles. The van der Waals surface area contributed by atoms with Gasteiger partial charge < -0.3 is 4.90 Å². The standard InChI is InChI=1S/C18H16N2/c1-2-9-16(14-15-19)20(17-10-5-3-6-11-17)18-12-7-4-8-13-18/h1,3-8,10-13,16H,9,14H2. The molecule has 1 atom stereocenters. The van der Waals surface area contributed by atoms with Crippen molar-refractivity contribution >= 4 is 11.4 Å². The Bertz CT molecular complexity index is 550. The summed E-state index contributed by atoms with van der Waals surface area (Å²) < 4.78 is 0. The zero-order valence-electron chi connectivity index (χ0n) is 11.2. The molecule has 0 bridgehead atoms. The molecule has 2 aromatic rings. The number of hydrogen-bond acceptors (Lipinski definition) is 2. The Morgan fingerprint density at radius 1 is 0.900 bits per heavy atom. The SMILES string of the molecule is C#CCC(CC#N)N(c1ccccc1)c1ccccc1. The molecule has 20 heavy (non-hydrogen) atoms. The van der Waals surface area contributed by atoms with Gasteiger partial charge in [0.25, 0.3) is 0 Å². The van der Waals surface area contributed by atoms with Gasteiger partial charge >= 0.3 is 0 Å². The first-order chi connectivity index (χ1) is 9.86. The van der Waals surface area contributed by atoms with Gasteiger partial charge in [0.1, 0.15) is 0 Å². The third kappa shape index (κ3) is 3.19. The molecule has 0 N–H and O–H groups in total. The average Bonchev–Trinajstić information content (AvgIpc) is 2.50. The topological polar surface area (TPSA) is 27.0 Å². The van der Waals surface area contributed by atoms with Gasteiger partial charge in [0.2, 0.25) is 0 Å². The number of nitrogens with zero attached hydrogens (tertiary/aromatic N) is 2. The molecule has 0 fully saturated rings. The van der Waals surface area contributed by atoms with Crippen LogP contribution in [0.15, 0.2) is 60.7 Å². The third-order valence-corrected chi connectivity index (χ3v) is 3.11. The van der Waals surface area contributed by atoms with E-state index in [2.05, 4.69) is 16.9 Å². The number of nitriles is 1. The summed E-state index contributed by atoms with van der Waals surface area (Å²) in [6.45, 7) is 0. The highest BCUT2D eigenvalue weighted by molar-refractivity contribution is 5.64. The molecule has 0 heterocycles. The predicted molar refractivity (Wildman–Crippen MR) is 82.5 cm³/mol. The van der Waals surface area contributed by atoms with Crippen molar-refractivity contribution in [1.29, 1.82) is 5.26 Å². The summed E-state index contributed by atoms with van der Waals surface area (Å²) >= 11 is 0. The van der Waals surface area contributed by atoms with Crippen LogP contribution in [0.5, 0.6) is 0 Å². The van der Waals surface area contributed by atoms with Crippen LogP contribution in [0.4, 0.5) is 11.4 Å². The highest BCUT2D eigenvalue weighted by Crippen LogP contribution is 2.29. The van der Waals surface area contributed by atoms with Gasteiger partial charge in [-0.25, -0.2) is 0 Å². The van der Waals surface area contributed by atoms with E-state index in [0.717, 1.165) is 11.4 Å². The highest BCUT2D eigenvalue weighted by Gasteiger charge is 2.19. The molecule has 0 amide bonds. The molecule has 0 saturated heterocycles. The minimum atomic E-state index is -0.0187. The summed E-state index contributed by atoms with van der Waals surface area (Å²) in [7, 11) is 0. The average molecular weight is 260 g/mol. The maximum absolute atomic E-state index is 9.06. The predicted octanol–water partition coefficient (Wildman–Crippen LogP) is 4.13. The molecule has 0 saturated carbocycles. The van der Waals surface area contributed by atoms with Crippen molar-refractivity contribution in [2.24, 2.45) is 0 Å². The van der Waals surface area contributed by atoms with Gasteiger partial charge in [-0.05, 0) is 24.3 Å². The molecule has 1 unspecified atom stereocenters. The number of rotatable bonds is 5. The summed E-state index contributed by atoms with van der Waals surface area (Å²) in [5.41, 5.74) is 2.10. The summed E-state index contributed by atoms with van der Waals surface area (Å²) in [6, 6.07) is 22.3. The first-order valence-corrected chi connectivity index (χ1v) is 6.56. The zero-order chi connectivity index (χ0) is 14.2. The van der Waals surface area contributed by atoms with Gasteiger partial charge in [-0.1, -0.05) is 36.4 Å². The smallest absolute Gasteiger partial charge is 0.0643 e. The van der Waals surface area contributed by atoms with Crippen LogP contribution >= 0.6 is 0 Å². The van der Waals surface area contributed by atoms with Crippen molar-refractivity contribution in [1.82, 2.24) is 0 Å². The van der Waals surface area contributed by atoms with Crippen LogP contribution in [0, 0.1) is 23.7 Å². The number of hydrogen-bond donors (Lipinski definition) is 0. The first-order valence-electron chi connectivity index (χ1n) is 6.56. The van der Waals surface area contributed by atoms with E-state index in [-0.39, 0.29) is 6.04 Å². The molecule has 2 nitrogen and oxygen atoms in total. The van der Waals surface area contributed by atoms with Crippen molar-refractivity contribution in [3.8, 4) is 18.4 Å². The second kappa shape index (κ2) is 7.02. The van der Waals surface area contributed by atoms with Gasteiger partial charge in [0.05, 0.1) is 18.5 Å². The largest absolute Gasteiger partial charge is 0.336 e.